The van der Waals surface area contributed by atoms with E-state index in [1.807, 2.05) is 65.9 Å². The van der Waals surface area contributed by atoms with Crippen LogP contribution in [0.2, 0.25) is 0 Å². The van der Waals surface area contributed by atoms with Crippen LogP contribution >= 0.6 is 0 Å². The zero-order valence-corrected chi connectivity index (χ0v) is 20.2. The van der Waals surface area contributed by atoms with Gasteiger partial charge in [-0.1, -0.05) is 45.9 Å². The van der Waals surface area contributed by atoms with E-state index in [1.54, 1.807) is 0 Å². The van der Waals surface area contributed by atoms with Crippen LogP contribution in [0.1, 0.15) is 70.6 Å². The zero-order chi connectivity index (χ0) is 23.6. The van der Waals surface area contributed by atoms with Crippen LogP contribution in [0.5, 0.6) is 0 Å². The molecule has 4 rings (SSSR count). The van der Waals surface area contributed by atoms with Crippen LogP contribution in [0.3, 0.4) is 0 Å². The van der Waals surface area contributed by atoms with Crippen molar-refractivity contribution >= 4 is 22.5 Å². The highest BCUT2D eigenvalue weighted by Gasteiger charge is 2.52. The molecular formula is C27H37NO4. The number of aliphatic hydroxyl groups is 2. The average molecular weight is 440 g/mol. The van der Waals surface area contributed by atoms with Crippen molar-refractivity contribution in [1.82, 2.24) is 4.57 Å². The van der Waals surface area contributed by atoms with Gasteiger partial charge >= 0.3 is 0 Å². The van der Waals surface area contributed by atoms with Crippen LogP contribution in [0, 0.1) is 29.6 Å². The number of para-hydroxylation sites is 1. The topological polar surface area (TPSA) is 79.5 Å². The molecule has 5 heteroatoms. The second-order valence-corrected chi connectivity index (χ2v) is 11.8. The summed E-state index contributed by atoms with van der Waals surface area (Å²) < 4.78 is 2.09. The number of aromatic nitrogens is 1. The first-order valence-electron chi connectivity index (χ1n) is 11.8. The minimum absolute atomic E-state index is 0.00378. The number of ketones is 2. The lowest BCUT2D eigenvalue weighted by molar-refractivity contribution is -0.144. The Labute approximate surface area is 190 Å². The Kier molecular flexibility index (Phi) is 5.66. The fourth-order valence-electron chi connectivity index (χ4n) is 6.57. The Bertz CT molecular complexity index is 1020. The molecule has 5 nitrogen and oxygen atoms in total. The highest BCUT2D eigenvalue weighted by Crippen LogP contribution is 2.51. The fourth-order valence-corrected chi connectivity index (χ4v) is 6.57. The number of fused-ring (bicyclic) bond motifs is 1. The van der Waals surface area contributed by atoms with Crippen LogP contribution in [-0.4, -0.2) is 38.6 Å². The van der Waals surface area contributed by atoms with Crippen molar-refractivity contribution in [2.75, 3.05) is 0 Å². The van der Waals surface area contributed by atoms with E-state index in [2.05, 4.69) is 4.57 Å². The zero-order valence-electron chi connectivity index (χ0n) is 20.2. The molecule has 2 aliphatic rings. The number of aryl methyl sites for hydroxylation is 1. The minimum atomic E-state index is -0.843. The van der Waals surface area contributed by atoms with Gasteiger partial charge in [0.05, 0.1) is 24.0 Å². The second kappa shape index (κ2) is 7.81. The molecule has 1 aromatic carbocycles. The molecule has 2 saturated carbocycles. The summed E-state index contributed by atoms with van der Waals surface area (Å²) in [5.74, 6) is -1.94. The van der Waals surface area contributed by atoms with Crippen molar-refractivity contribution in [3.05, 3.63) is 35.5 Å². The summed E-state index contributed by atoms with van der Waals surface area (Å²) in [6.45, 7) is 10.0. The molecule has 32 heavy (non-hydrogen) atoms. The van der Waals surface area contributed by atoms with Gasteiger partial charge in [-0.05, 0) is 42.2 Å². The maximum absolute atomic E-state index is 13.5. The number of carbonyl (C=O) groups excluding carboxylic acids is 2. The monoisotopic (exact) mass is 439 g/mol. The van der Waals surface area contributed by atoms with Gasteiger partial charge in [0.15, 0.2) is 0 Å². The molecule has 0 amide bonds. The summed E-state index contributed by atoms with van der Waals surface area (Å²) in [4.78, 5) is 27.0. The van der Waals surface area contributed by atoms with Gasteiger partial charge in [0.1, 0.15) is 11.6 Å². The van der Waals surface area contributed by atoms with Crippen LogP contribution in [0.15, 0.2) is 24.3 Å². The number of nitrogens with zero attached hydrogens (tertiary/aromatic N) is 1. The Morgan fingerprint density at radius 3 is 1.84 bits per heavy atom. The van der Waals surface area contributed by atoms with Gasteiger partial charge in [0.2, 0.25) is 0 Å². The van der Waals surface area contributed by atoms with E-state index in [4.69, 9.17) is 0 Å². The number of hydrogen-bond acceptors (Lipinski definition) is 4. The van der Waals surface area contributed by atoms with Crippen molar-refractivity contribution in [2.45, 2.75) is 78.4 Å². The standard InChI is InChI=1S/C27H37NO4/c1-15-22(16-9-7-8-10-17(16)28(15)6)25(23-18(29)11-26(2,3)12-19(23)30)24-20(31)13-27(4,5)14-21(24)32/h7-10,18,20,23-25,29,31H,11-14H2,1-6H3/t18-,20+,23-,24+,25?. The molecule has 0 radical (unpaired) electrons. The minimum Gasteiger partial charge on any atom is -0.392 e. The largest absolute Gasteiger partial charge is 0.392 e. The van der Waals surface area contributed by atoms with Gasteiger partial charge in [-0.3, -0.25) is 9.59 Å². The van der Waals surface area contributed by atoms with Gasteiger partial charge in [0, 0.05) is 42.4 Å². The van der Waals surface area contributed by atoms with Crippen LogP contribution in [-0.2, 0) is 16.6 Å². The Morgan fingerprint density at radius 1 is 0.906 bits per heavy atom. The molecule has 2 aromatic rings. The molecule has 0 aliphatic heterocycles. The first-order valence-corrected chi connectivity index (χ1v) is 11.8. The lowest BCUT2D eigenvalue weighted by Crippen LogP contribution is -2.51. The van der Waals surface area contributed by atoms with Gasteiger partial charge < -0.3 is 14.8 Å². The van der Waals surface area contributed by atoms with Crippen LogP contribution in [0.4, 0.5) is 0 Å². The summed E-state index contributed by atoms with van der Waals surface area (Å²) in [6.07, 6.45) is 0.0714. The predicted octanol–water partition coefficient (Wildman–Crippen LogP) is 4.30. The van der Waals surface area contributed by atoms with E-state index in [0.717, 1.165) is 22.2 Å². The van der Waals surface area contributed by atoms with Gasteiger partial charge in [-0.15, -0.1) is 0 Å². The van der Waals surface area contributed by atoms with E-state index >= 15 is 0 Å². The van der Waals surface area contributed by atoms with Crippen molar-refractivity contribution in [3.8, 4) is 0 Å². The average Bonchev–Trinajstić information content (AvgIpc) is 2.88. The molecule has 1 unspecified atom stereocenters. The van der Waals surface area contributed by atoms with Gasteiger partial charge in [-0.25, -0.2) is 0 Å². The lowest BCUT2D eigenvalue weighted by Gasteiger charge is -2.46. The fraction of sp³-hybridized carbons (Fsp3) is 0.630. The molecule has 0 bridgehead atoms. The van der Waals surface area contributed by atoms with E-state index in [9.17, 15) is 19.8 Å². The third-order valence-corrected chi connectivity index (χ3v) is 7.96. The normalized spacial score (nSPS) is 31.1. The summed E-state index contributed by atoms with van der Waals surface area (Å²) in [7, 11) is 1.99. The Morgan fingerprint density at radius 2 is 1.38 bits per heavy atom. The van der Waals surface area contributed by atoms with Crippen molar-refractivity contribution in [2.24, 2.45) is 29.7 Å². The predicted molar refractivity (Wildman–Crippen MR) is 125 cm³/mol. The number of benzene rings is 1. The third kappa shape index (κ3) is 3.84. The molecule has 2 N–H and O–H groups in total. The molecule has 1 aromatic heterocycles. The first kappa shape index (κ1) is 23.2. The molecule has 2 fully saturated rings. The Hall–Kier alpha value is -1.98. The molecule has 5 atom stereocenters. The van der Waals surface area contributed by atoms with E-state index in [0.29, 0.717) is 25.7 Å². The van der Waals surface area contributed by atoms with Crippen molar-refractivity contribution < 1.29 is 19.8 Å². The molecule has 0 spiro atoms. The number of aliphatic hydroxyl groups excluding tert-OH is 2. The van der Waals surface area contributed by atoms with E-state index < -0.39 is 30.0 Å². The Balaban J connectivity index is 1.93. The lowest BCUT2D eigenvalue weighted by atomic mass is 9.58. The molecule has 174 valence electrons. The second-order valence-electron chi connectivity index (χ2n) is 11.8. The van der Waals surface area contributed by atoms with E-state index in [1.165, 1.54) is 0 Å². The first-order chi connectivity index (χ1) is 14.8. The van der Waals surface area contributed by atoms with Crippen LogP contribution in [0.25, 0.3) is 10.9 Å². The van der Waals surface area contributed by atoms with Crippen LogP contribution < -0.4 is 0 Å². The van der Waals surface area contributed by atoms with Gasteiger partial charge in [0.25, 0.3) is 0 Å². The molecule has 1 heterocycles. The number of carbonyl (C=O) groups is 2. The maximum Gasteiger partial charge on any atom is 0.139 e. The summed E-state index contributed by atoms with van der Waals surface area (Å²) in [5, 5.41) is 23.5. The highest BCUT2D eigenvalue weighted by atomic mass is 16.3. The third-order valence-electron chi connectivity index (χ3n) is 7.96. The van der Waals surface area contributed by atoms with Crippen molar-refractivity contribution in [1.29, 1.82) is 0 Å². The molecular weight excluding hydrogens is 402 g/mol. The molecule has 2 aliphatic carbocycles. The van der Waals surface area contributed by atoms with Gasteiger partial charge in [-0.2, -0.15) is 0 Å². The summed E-state index contributed by atoms with van der Waals surface area (Å²) in [6, 6.07) is 8.00. The summed E-state index contributed by atoms with van der Waals surface area (Å²) in [5.41, 5.74) is 2.38. The SMILES string of the molecule is Cc1c(C([C@H]2C(=O)CC(C)(C)C[C@H]2O)[C@@H]2C(=O)CC(C)(C)C[C@@H]2O)c2ccccc2n1C. The number of Topliss-reactive ketones (excluding diaryl/α,β-unsaturated/α-hetero) is 2. The smallest absolute Gasteiger partial charge is 0.139 e. The summed E-state index contributed by atoms with van der Waals surface area (Å²) >= 11 is 0. The number of hydrogen-bond donors (Lipinski definition) is 2. The van der Waals surface area contributed by atoms with Crippen molar-refractivity contribution in [3.63, 3.8) is 0 Å². The number of rotatable bonds is 3. The van der Waals surface area contributed by atoms with E-state index in [-0.39, 0.29) is 22.4 Å². The molecule has 0 saturated heterocycles. The highest BCUT2D eigenvalue weighted by molar-refractivity contribution is 5.92. The quantitative estimate of drug-likeness (QED) is 0.747. The maximum atomic E-state index is 13.5.